The standard InChI is InChI=1S/C19H15FN2O4S/c20-14-8-10-15(11-9-14)22-27(25,26)16-5-3-4-13(12-16)19(24)21-17-6-1-2-7-18(17)23/h1-12,22-23H,(H,21,24). The summed E-state index contributed by atoms with van der Waals surface area (Å²) < 4.78 is 40.3. The number of carbonyl (C=O) groups excluding carboxylic acids is 1. The Balaban J connectivity index is 1.83. The van der Waals surface area contributed by atoms with Crippen molar-refractivity contribution in [3.8, 4) is 5.75 Å². The first-order chi connectivity index (χ1) is 12.8. The molecule has 3 aromatic carbocycles. The highest BCUT2D eigenvalue weighted by Crippen LogP contribution is 2.23. The van der Waals surface area contributed by atoms with Gasteiger partial charge in [0, 0.05) is 11.3 Å². The van der Waals surface area contributed by atoms with Crippen LogP contribution in [-0.2, 0) is 10.0 Å². The number of halogens is 1. The first-order valence-electron chi connectivity index (χ1n) is 7.83. The SMILES string of the molecule is O=C(Nc1ccccc1O)c1cccc(S(=O)(=O)Nc2ccc(F)cc2)c1. The van der Waals surface area contributed by atoms with Crippen molar-refractivity contribution in [3.05, 3.63) is 84.2 Å². The molecule has 0 bridgehead atoms. The molecule has 0 fully saturated rings. The Labute approximate surface area is 155 Å². The fourth-order valence-electron chi connectivity index (χ4n) is 2.31. The number of hydrogen-bond donors (Lipinski definition) is 3. The van der Waals surface area contributed by atoms with E-state index in [1.807, 2.05) is 0 Å². The van der Waals surface area contributed by atoms with Gasteiger partial charge in [-0.2, -0.15) is 0 Å². The maximum absolute atomic E-state index is 13.0. The van der Waals surface area contributed by atoms with Gasteiger partial charge in [0.25, 0.3) is 15.9 Å². The lowest BCUT2D eigenvalue weighted by molar-refractivity contribution is 0.102. The molecule has 1 amide bonds. The molecule has 0 heterocycles. The highest BCUT2D eigenvalue weighted by atomic mass is 32.2. The minimum Gasteiger partial charge on any atom is -0.506 e. The average molecular weight is 386 g/mol. The molecule has 3 rings (SSSR count). The van der Waals surface area contributed by atoms with Crippen LogP contribution in [0.5, 0.6) is 5.75 Å². The highest BCUT2D eigenvalue weighted by molar-refractivity contribution is 7.92. The van der Waals surface area contributed by atoms with Crippen LogP contribution in [0.1, 0.15) is 10.4 Å². The summed E-state index contributed by atoms with van der Waals surface area (Å²) in [6.07, 6.45) is 0. The zero-order valence-corrected chi connectivity index (χ0v) is 14.7. The zero-order chi connectivity index (χ0) is 19.4. The number of phenols is 1. The van der Waals surface area contributed by atoms with E-state index in [9.17, 15) is 22.7 Å². The molecule has 0 atom stereocenters. The third kappa shape index (κ3) is 4.42. The molecule has 8 heteroatoms. The Hall–Kier alpha value is -3.39. The van der Waals surface area contributed by atoms with Gasteiger partial charge < -0.3 is 10.4 Å². The minimum atomic E-state index is -3.97. The van der Waals surface area contributed by atoms with E-state index in [2.05, 4.69) is 10.0 Å². The van der Waals surface area contributed by atoms with E-state index in [-0.39, 0.29) is 27.6 Å². The number of para-hydroxylation sites is 2. The van der Waals surface area contributed by atoms with E-state index in [1.54, 1.807) is 12.1 Å². The Bertz CT molecular complexity index is 1080. The van der Waals surface area contributed by atoms with Crippen LogP contribution in [0.2, 0.25) is 0 Å². The number of hydrogen-bond acceptors (Lipinski definition) is 4. The summed E-state index contributed by atoms with van der Waals surface area (Å²) in [7, 11) is -3.97. The van der Waals surface area contributed by atoms with Gasteiger partial charge in [0.05, 0.1) is 10.6 Å². The molecule has 6 nitrogen and oxygen atoms in total. The van der Waals surface area contributed by atoms with Gasteiger partial charge in [0.15, 0.2) is 0 Å². The van der Waals surface area contributed by atoms with Crippen LogP contribution in [0.15, 0.2) is 77.7 Å². The maximum Gasteiger partial charge on any atom is 0.261 e. The summed E-state index contributed by atoms with van der Waals surface area (Å²) >= 11 is 0. The molecule has 0 aliphatic carbocycles. The number of anilines is 2. The lowest BCUT2D eigenvalue weighted by Gasteiger charge is -2.10. The van der Waals surface area contributed by atoms with Gasteiger partial charge >= 0.3 is 0 Å². The van der Waals surface area contributed by atoms with Crippen molar-refractivity contribution in [2.75, 3.05) is 10.0 Å². The van der Waals surface area contributed by atoms with Crippen molar-refractivity contribution in [1.82, 2.24) is 0 Å². The predicted octanol–water partition coefficient (Wildman–Crippen LogP) is 3.58. The summed E-state index contributed by atoms with van der Waals surface area (Å²) in [5.74, 6) is -1.16. The lowest BCUT2D eigenvalue weighted by Crippen LogP contribution is -2.16. The molecule has 0 spiro atoms. The third-order valence-electron chi connectivity index (χ3n) is 3.66. The molecule has 0 unspecified atom stereocenters. The highest BCUT2D eigenvalue weighted by Gasteiger charge is 2.17. The van der Waals surface area contributed by atoms with Crippen LogP contribution in [0, 0.1) is 5.82 Å². The van der Waals surface area contributed by atoms with Gasteiger partial charge in [-0.3, -0.25) is 9.52 Å². The molecule has 0 saturated heterocycles. The summed E-state index contributed by atoms with van der Waals surface area (Å²) in [6.45, 7) is 0. The maximum atomic E-state index is 13.0. The first kappa shape index (κ1) is 18.4. The molecule has 0 aromatic heterocycles. The average Bonchev–Trinajstić information content (AvgIpc) is 2.65. The number of phenolic OH excluding ortho intramolecular Hbond substituents is 1. The van der Waals surface area contributed by atoms with E-state index in [0.29, 0.717) is 0 Å². The number of rotatable bonds is 5. The Morgan fingerprint density at radius 2 is 1.63 bits per heavy atom. The van der Waals surface area contributed by atoms with Gasteiger partial charge in [-0.25, -0.2) is 12.8 Å². The zero-order valence-electron chi connectivity index (χ0n) is 13.9. The normalized spacial score (nSPS) is 11.0. The molecular weight excluding hydrogens is 371 g/mol. The van der Waals surface area contributed by atoms with E-state index in [0.717, 1.165) is 12.1 Å². The summed E-state index contributed by atoms with van der Waals surface area (Å²) in [6, 6.07) is 16.5. The molecule has 0 radical (unpaired) electrons. The van der Waals surface area contributed by atoms with Crippen LogP contribution in [0.25, 0.3) is 0 Å². The molecule has 3 aromatic rings. The van der Waals surface area contributed by atoms with Gasteiger partial charge in [0.1, 0.15) is 11.6 Å². The molecule has 27 heavy (non-hydrogen) atoms. The van der Waals surface area contributed by atoms with Crippen LogP contribution in [0.4, 0.5) is 15.8 Å². The van der Waals surface area contributed by atoms with Crippen LogP contribution < -0.4 is 10.0 Å². The number of carbonyl (C=O) groups is 1. The number of amides is 1. The van der Waals surface area contributed by atoms with E-state index < -0.39 is 21.7 Å². The fraction of sp³-hybridized carbons (Fsp3) is 0. The second-order valence-corrected chi connectivity index (χ2v) is 7.29. The van der Waals surface area contributed by atoms with Crippen LogP contribution >= 0.6 is 0 Å². The van der Waals surface area contributed by atoms with E-state index >= 15 is 0 Å². The Morgan fingerprint density at radius 1 is 0.926 bits per heavy atom. The van der Waals surface area contributed by atoms with E-state index in [4.69, 9.17) is 0 Å². The van der Waals surface area contributed by atoms with Crippen LogP contribution in [0.3, 0.4) is 0 Å². The van der Waals surface area contributed by atoms with Gasteiger partial charge in [-0.1, -0.05) is 18.2 Å². The topological polar surface area (TPSA) is 95.5 Å². The predicted molar refractivity (Wildman–Crippen MR) is 99.7 cm³/mol. The Kier molecular flexibility index (Phi) is 5.09. The molecule has 0 aliphatic rings. The molecule has 0 saturated carbocycles. The Morgan fingerprint density at radius 3 is 2.33 bits per heavy atom. The monoisotopic (exact) mass is 386 g/mol. The molecule has 0 aliphatic heterocycles. The van der Waals surface area contributed by atoms with Crippen molar-refractivity contribution in [1.29, 1.82) is 0 Å². The van der Waals surface area contributed by atoms with Crippen molar-refractivity contribution in [3.63, 3.8) is 0 Å². The number of sulfonamides is 1. The van der Waals surface area contributed by atoms with Gasteiger partial charge in [-0.05, 0) is 54.6 Å². The smallest absolute Gasteiger partial charge is 0.261 e. The summed E-state index contributed by atoms with van der Waals surface area (Å²) in [5, 5.41) is 12.2. The number of nitrogens with one attached hydrogen (secondary N) is 2. The summed E-state index contributed by atoms with van der Waals surface area (Å²) in [5.41, 5.74) is 0.501. The first-order valence-corrected chi connectivity index (χ1v) is 9.31. The lowest BCUT2D eigenvalue weighted by atomic mass is 10.2. The van der Waals surface area contributed by atoms with E-state index in [1.165, 1.54) is 48.5 Å². The van der Waals surface area contributed by atoms with Gasteiger partial charge in [-0.15, -0.1) is 0 Å². The largest absolute Gasteiger partial charge is 0.506 e. The minimum absolute atomic E-state index is 0.0974. The second-order valence-electron chi connectivity index (χ2n) is 5.61. The van der Waals surface area contributed by atoms with Crippen molar-refractivity contribution in [2.24, 2.45) is 0 Å². The van der Waals surface area contributed by atoms with Crippen molar-refractivity contribution < 1.29 is 22.7 Å². The third-order valence-corrected chi connectivity index (χ3v) is 5.03. The number of aromatic hydroxyl groups is 1. The number of benzene rings is 3. The van der Waals surface area contributed by atoms with Crippen molar-refractivity contribution >= 4 is 27.3 Å². The fourth-order valence-corrected chi connectivity index (χ4v) is 3.41. The van der Waals surface area contributed by atoms with Gasteiger partial charge in [0.2, 0.25) is 0 Å². The van der Waals surface area contributed by atoms with Crippen molar-refractivity contribution in [2.45, 2.75) is 4.90 Å². The molecule has 138 valence electrons. The van der Waals surface area contributed by atoms with Crippen LogP contribution in [-0.4, -0.2) is 19.4 Å². The second kappa shape index (κ2) is 7.46. The molecular formula is C19H15FN2O4S. The molecule has 3 N–H and O–H groups in total. The summed E-state index contributed by atoms with van der Waals surface area (Å²) in [4.78, 5) is 12.2. The quantitative estimate of drug-likeness (QED) is 0.584.